The lowest BCUT2D eigenvalue weighted by molar-refractivity contribution is 0.288. The predicted octanol–water partition coefficient (Wildman–Crippen LogP) is 5.66. The maximum Gasteiger partial charge on any atom is 0.161 e. The van der Waals surface area contributed by atoms with Crippen LogP contribution in [0.4, 0.5) is 5.82 Å². The van der Waals surface area contributed by atoms with Gasteiger partial charge in [0.05, 0.1) is 18.9 Å². The molecule has 0 radical (unpaired) electrons. The Balaban J connectivity index is 1.67. The molecule has 6 heteroatoms. The summed E-state index contributed by atoms with van der Waals surface area (Å²) in [5, 5.41) is 12.9. The Morgan fingerprint density at radius 1 is 0.963 bits per heavy atom. The second-order valence-electron chi connectivity index (χ2n) is 6.26. The van der Waals surface area contributed by atoms with Crippen LogP contribution < -0.4 is 14.8 Å². The molecule has 2 aliphatic rings. The standard InChI is InChI=1S/C21H22ClN3O2/c1-3-26-18-10-14-9-16-20(15(14)11-19(18)27-4-2)24-25-21(16)23-12-13-7-5-6-8-17(13)22/h5-11,23-25H,3-4,12H2,1-2H3. The molecule has 5 nitrogen and oxygen atoms in total. The molecule has 0 saturated heterocycles. The van der Waals surface area contributed by atoms with Crippen molar-refractivity contribution in [2.24, 2.45) is 0 Å². The SMILES string of the molecule is CCOc1cc2cc3c(NCc4ccccc4Cl)[nH][nH]c-3c2cc1OCC. The van der Waals surface area contributed by atoms with Crippen LogP contribution in [0.2, 0.25) is 5.02 Å². The topological polar surface area (TPSA) is 62.1 Å². The number of halogens is 1. The Bertz CT molecular complexity index is 1040. The number of fused-ring (bicyclic) bond motifs is 3. The minimum Gasteiger partial charge on any atom is -0.490 e. The Labute approximate surface area is 162 Å². The van der Waals surface area contributed by atoms with Crippen molar-refractivity contribution >= 4 is 28.2 Å². The minimum atomic E-state index is 0.594. The molecule has 27 heavy (non-hydrogen) atoms. The number of aromatic amines is 2. The second-order valence-corrected chi connectivity index (χ2v) is 6.66. The summed E-state index contributed by atoms with van der Waals surface area (Å²) in [6.07, 6.45) is 0. The van der Waals surface area contributed by atoms with Crippen LogP contribution in [0.5, 0.6) is 11.5 Å². The zero-order chi connectivity index (χ0) is 18.8. The van der Waals surface area contributed by atoms with Crippen molar-refractivity contribution in [1.29, 1.82) is 0 Å². The highest BCUT2D eigenvalue weighted by molar-refractivity contribution is 6.31. The number of hydrogen-bond acceptors (Lipinski definition) is 3. The van der Waals surface area contributed by atoms with Crippen molar-refractivity contribution in [2.75, 3.05) is 18.5 Å². The molecule has 2 aromatic rings. The molecule has 0 bridgehead atoms. The highest BCUT2D eigenvalue weighted by atomic mass is 35.5. The highest BCUT2D eigenvalue weighted by Gasteiger charge is 2.19. The van der Waals surface area contributed by atoms with E-state index in [2.05, 4.69) is 21.6 Å². The normalized spacial score (nSPS) is 11.2. The fourth-order valence-corrected chi connectivity index (χ4v) is 3.51. The molecule has 4 rings (SSSR count). The molecule has 140 valence electrons. The summed E-state index contributed by atoms with van der Waals surface area (Å²) in [5.74, 6) is 2.46. The summed E-state index contributed by atoms with van der Waals surface area (Å²) >= 11 is 6.26. The summed E-state index contributed by atoms with van der Waals surface area (Å²) in [4.78, 5) is 0. The summed E-state index contributed by atoms with van der Waals surface area (Å²) < 4.78 is 11.5. The number of benzene rings is 2. The molecule has 1 aliphatic heterocycles. The van der Waals surface area contributed by atoms with Gasteiger partial charge in [-0.1, -0.05) is 29.8 Å². The van der Waals surface area contributed by atoms with E-state index in [4.69, 9.17) is 21.1 Å². The van der Waals surface area contributed by atoms with Gasteiger partial charge in [0.15, 0.2) is 11.5 Å². The molecular formula is C21H22ClN3O2. The highest BCUT2D eigenvalue weighted by Crippen LogP contribution is 2.42. The number of nitrogens with one attached hydrogen (secondary N) is 3. The van der Waals surface area contributed by atoms with Crippen molar-refractivity contribution in [3.8, 4) is 22.8 Å². The third-order valence-corrected chi connectivity index (χ3v) is 4.92. The number of hydrogen-bond donors (Lipinski definition) is 3. The first-order valence-electron chi connectivity index (χ1n) is 9.11. The van der Waals surface area contributed by atoms with Crippen LogP contribution in [0.3, 0.4) is 0 Å². The lowest BCUT2D eigenvalue weighted by Gasteiger charge is -2.11. The third kappa shape index (κ3) is 3.30. The van der Waals surface area contributed by atoms with Crippen molar-refractivity contribution in [3.63, 3.8) is 0 Å². The maximum atomic E-state index is 6.26. The van der Waals surface area contributed by atoms with Crippen molar-refractivity contribution in [1.82, 2.24) is 10.2 Å². The van der Waals surface area contributed by atoms with Gasteiger partial charge in [0, 0.05) is 22.5 Å². The molecule has 0 saturated carbocycles. The van der Waals surface area contributed by atoms with E-state index in [0.717, 1.165) is 49.9 Å². The van der Waals surface area contributed by atoms with Crippen molar-refractivity contribution in [2.45, 2.75) is 20.4 Å². The van der Waals surface area contributed by atoms with E-state index in [-0.39, 0.29) is 0 Å². The Morgan fingerprint density at radius 2 is 1.70 bits per heavy atom. The van der Waals surface area contributed by atoms with Gasteiger partial charge in [-0.2, -0.15) is 0 Å². The van der Waals surface area contributed by atoms with E-state index < -0.39 is 0 Å². The Hall–Kier alpha value is -2.79. The van der Waals surface area contributed by atoms with Gasteiger partial charge in [0.2, 0.25) is 0 Å². The summed E-state index contributed by atoms with van der Waals surface area (Å²) in [5.41, 5.74) is 3.18. The minimum absolute atomic E-state index is 0.594. The molecule has 0 atom stereocenters. The van der Waals surface area contributed by atoms with E-state index >= 15 is 0 Å². The zero-order valence-corrected chi connectivity index (χ0v) is 16.1. The maximum absolute atomic E-state index is 6.26. The molecular weight excluding hydrogens is 362 g/mol. The fraction of sp³-hybridized carbons (Fsp3) is 0.238. The third-order valence-electron chi connectivity index (χ3n) is 4.55. The molecule has 0 spiro atoms. The van der Waals surface area contributed by atoms with Gasteiger partial charge >= 0.3 is 0 Å². The second kappa shape index (κ2) is 7.45. The van der Waals surface area contributed by atoms with E-state index in [9.17, 15) is 0 Å². The Kier molecular flexibility index (Phi) is 4.86. The molecule has 0 amide bonds. The van der Waals surface area contributed by atoms with Gasteiger partial charge in [-0.05, 0) is 49.1 Å². The van der Waals surface area contributed by atoms with Crippen molar-refractivity contribution < 1.29 is 9.47 Å². The van der Waals surface area contributed by atoms with E-state index in [0.29, 0.717) is 19.8 Å². The first-order chi connectivity index (χ1) is 13.2. The van der Waals surface area contributed by atoms with Crippen LogP contribution in [-0.2, 0) is 6.54 Å². The lowest BCUT2D eigenvalue weighted by atomic mass is 10.2. The molecule has 0 unspecified atom stereocenters. The van der Waals surface area contributed by atoms with Crippen LogP contribution in [0, 0.1) is 0 Å². The molecule has 3 N–H and O–H groups in total. The average Bonchev–Trinajstić information content (AvgIpc) is 3.21. The van der Waals surface area contributed by atoms with Gasteiger partial charge in [-0.15, -0.1) is 0 Å². The molecule has 2 aromatic carbocycles. The van der Waals surface area contributed by atoms with Crippen LogP contribution in [-0.4, -0.2) is 23.4 Å². The summed E-state index contributed by atoms with van der Waals surface area (Å²) in [7, 11) is 0. The smallest absolute Gasteiger partial charge is 0.161 e. The van der Waals surface area contributed by atoms with E-state index in [1.54, 1.807) is 0 Å². The predicted molar refractivity (Wildman–Crippen MR) is 110 cm³/mol. The zero-order valence-electron chi connectivity index (χ0n) is 15.4. The largest absolute Gasteiger partial charge is 0.490 e. The lowest BCUT2D eigenvalue weighted by Crippen LogP contribution is -2.00. The monoisotopic (exact) mass is 383 g/mol. The number of anilines is 1. The van der Waals surface area contributed by atoms with Crippen LogP contribution >= 0.6 is 11.6 Å². The van der Waals surface area contributed by atoms with Crippen LogP contribution in [0.25, 0.3) is 22.0 Å². The van der Waals surface area contributed by atoms with E-state index in [1.807, 2.05) is 50.2 Å². The molecule has 1 heterocycles. The molecule has 0 fully saturated rings. The fourth-order valence-electron chi connectivity index (χ4n) is 3.31. The number of rotatable bonds is 7. The van der Waals surface area contributed by atoms with Gasteiger partial charge in [0.1, 0.15) is 5.82 Å². The van der Waals surface area contributed by atoms with Crippen molar-refractivity contribution in [3.05, 3.63) is 53.1 Å². The van der Waals surface area contributed by atoms with Gasteiger partial charge < -0.3 is 14.8 Å². The average molecular weight is 384 g/mol. The molecule has 1 aliphatic carbocycles. The number of H-pyrrole nitrogens is 2. The summed E-state index contributed by atoms with van der Waals surface area (Å²) in [6, 6.07) is 14.1. The van der Waals surface area contributed by atoms with Crippen LogP contribution in [0.15, 0.2) is 42.5 Å². The first kappa shape index (κ1) is 17.6. The molecule has 0 aromatic heterocycles. The number of ether oxygens (including phenoxy) is 2. The van der Waals surface area contributed by atoms with Gasteiger partial charge in [-0.3, -0.25) is 10.2 Å². The number of aromatic nitrogens is 2. The summed E-state index contributed by atoms with van der Waals surface area (Å²) in [6.45, 7) is 5.78. The van der Waals surface area contributed by atoms with Gasteiger partial charge in [0.25, 0.3) is 0 Å². The quantitative estimate of drug-likeness (QED) is 0.385. The van der Waals surface area contributed by atoms with E-state index in [1.165, 1.54) is 0 Å². The van der Waals surface area contributed by atoms with Crippen LogP contribution in [0.1, 0.15) is 19.4 Å². The van der Waals surface area contributed by atoms with Gasteiger partial charge in [-0.25, -0.2) is 0 Å². The first-order valence-corrected chi connectivity index (χ1v) is 9.48. The Morgan fingerprint density at radius 3 is 2.44 bits per heavy atom.